The van der Waals surface area contributed by atoms with Crippen molar-refractivity contribution < 1.29 is 0 Å². The summed E-state index contributed by atoms with van der Waals surface area (Å²) in [5.74, 6) is 0. The van der Waals surface area contributed by atoms with Crippen molar-refractivity contribution in [1.29, 1.82) is 0 Å². The van der Waals surface area contributed by atoms with Gasteiger partial charge in [0.05, 0.1) is 17.1 Å². The highest BCUT2D eigenvalue weighted by Crippen LogP contribution is 2.46. The van der Waals surface area contributed by atoms with E-state index in [1.165, 1.54) is 93.1 Å². The number of para-hydroxylation sites is 1. The van der Waals surface area contributed by atoms with E-state index in [4.69, 9.17) is 5.32 Å². The van der Waals surface area contributed by atoms with Gasteiger partial charge in [-0.25, -0.2) is 0 Å². The molecule has 59 heavy (non-hydrogen) atoms. The first kappa shape index (κ1) is 33.7. The summed E-state index contributed by atoms with van der Waals surface area (Å²) in [6, 6.07) is 77.2. The maximum absolute atomic E-state index is 5.36. The normalized spacial score (nSPS) is 15.2. The minimum atomic E-state index is -0.232. The smallest absolute Gasteiger partial charge is 0.0556 e. The summed E-state index contributed by atoms with van der Waals surface area (Å²) in [7, 11) is 0. The third-order valence-electron chi connectivity index (χ3n) is 12.4. The van der Waals surface area contributed by atoms with Crippen LogP contribution in [0.2, 0.25) is 0 Å². The van der Waals surface area contributed by atoms with Gasteiger partial charge in [0.1, 0.15) is 0 Å². The van der Waals surface area contributed by atoms with Gasteiger partial charge in [0.2, 0.25) is 0 Å². The highest BCUT2D eigenvalue weighted by molar-refractivity contribution is 6.28. The van der Waals surface area contributed by atoms with Crippen LogP contribution in [0.1, 0.15) is 28.9 Å². The number of nitrogens with one attached hydrogen (secondary N) is 1. The van der Waals surface area contributed by atoms with Gasteiger partial charge in [-0.3, -0.25) is 0 Å². The Labute approximate surface area is 342 Å². The fourth-order valence-electron chi connectivity index (χ4n) is 9.59. The predicted molar refractivity (Wildman–Crippen MR) is 248 cm³/mol. The molecule has 3 nitrogen and oxygen atoms in total. The highest BCUT2D eigenvalue weighted by Gasteiger charge is 2.23. The predicted octanol–water partition coefficient (Wildman–Crippen LogP) is 15.0. The molecule has 0 bridgehead atoms. The molecule has 0 amide bonds. The first-order chi connectivity index (χ1) is 29.2. The maximum Gasteiger partial charge on any atom is 0.0556 e. The summed E-state index contributed by atoms with van der Waals surface area (Å²) in [4.78, 5) is 0. The van der Waals surface area contributed by atoms with Crippen molar-refractivity contribution in [2.45, 2.75) is 12.2 Å². The number of nitrogens with zero attached hydrogens (tertiary/aromatic N) is 2. The molecular weight excluding hydrogens is 715 g/mol. The third-order valence-corrected chi connectivity index (χ3v) is 12.4. The van der Waals surface area contributed by atoms with Crippen molar-refractivity contribution in [1.82, 2.24) is 9.88 Å². The van der Waals surface area contributed by atoms with E-state index < -0.39 is 0 Å². The lowest BCUT2D eigenvalue weighted by atomic mass is 9.90. The maximum atomic E-state index is 5.36. The molecule has 12 rings (SSSR count). The summed E-state index contributed by atoms with van der Waals surface area (Å²) in [5.41, 5.74) is 13.0. The van der Waals surface area contributed by atoms with Crippen molar-refractivity contribution in [3.63, 3.8) is 0 Å². The Hall–Kier alpha value is -7.46. The molecular formula is C56H38N3-. The molecule has 10 aromatic carbocycles. The van der Waals surface area contributed by atoms with Crippen molar-refractivity contribution in [2.75, 3.05) is 0 Å². The van der Waals surface area contributed by atoms with Crippen molar-refractivity contribution in [3.05, 3.63) is 234 Å². The summed E-state index contributed by atoms with van der Waals surface area (Å²) < 4.78 is 2.45. The molecule has 0 fully saturated rings. The standard InChI is InChI=1S/C56H38N3/c1-2-12-36(13-3-1)37-24-26-38(27-25-37)41-16-10-18-43(34-41)55-49-21-8-9-23-50(49)57-56(58-55)48-22-11-17-42-35-44(30-31-45(42)48)59-51-32-28-39-14-4-6-19-46(39)53(51)54-47-20-7-5-15-40(47)29-33-52(54)59/h1-35,55-56,58H/q-1. The summed E-state index contributed by atoms with van der Waals surface area (Å²) in [5, 5.41) is 19.4. The average molecular weight is 753 g/mol. The Morgan fingerprint density at radius 3 is 1.71 bits per heavy atom. The first-order valence-electron chi connectivity index (χ1n) is 20.4. The topological polar surface area (TPSA) is 31.1 Å². The van der Waals surface area contributed by atoms with E-state index in [1.807, 2.05) is 0 Å². The van der Waals surface area contributed by atoms with E-state index >= 15 is 0 Å². The molecule has 3 heteroatoms. The first-order valence-corrected chi connectivity index (χ1v) is 20.4. The van der Waals surface area contributed by atoms with Crippen molar-refractivity contribution in [3.8, 4) is 27.9 Å². The van der Waals surface area contributed by atoms with Gasteiger partial charge >= 0.3 is 0 Å². The number of benzene rings is 10. The molecule has 0 saturated carbocycles. The number of hydrogen-bond acceptors (Lipinski definition) is 1. The lowest BCUT2D eigenvalue weighted by molar-refractivity contribution is 0.527. The largest absolute Gasteiger partial charge is 0.666 e. The van der Waals surface area contributed by atoms with Crippen LogP contribution < -0.4 is 5.32 Å². The van der Waals surface area contributed by atoms with Gasteiger partial charge in [-0.15, -0.1) is 5.69 Å². The fraction of sp³-hybridized carbons (Fsp3) is 0.0357. The van der Waals surface area contributed by atoms with E-state index in [9.17, 15) is 0 Å². The minimum Gasteiger partial charge on any atom is -0.666 e. The molecule has 0 saturated heterocycles. The summed E-state index contributed by atoms with van der Waals surface area (Å²) in [6.45, 7) is 0. The van der Waals surface area contributed by atoms with E-state index in [2.05, 4.69) is 222 Å². The van der Waals surface area contributed by atoms with Crippen LogP contribution in [0.3, 0.4) is 0 Å². The van der Waals surface area contributed by atoms with Gasteiger partial charge in [-0.2, -0.15) is 0 Å². The number of hydrogen-bond donors (Lipinski definition) is 1. The molecule has 11 aromatic rings. The van der Waals surface area contributed by atoms with Crippen LogP contribution in [0.25, 0.3) is 87.4 Å². The van der Waals surface area contributed by atoms with Crippen LogP contribution in [0.15, 0.2) is 212 Å². The van der Waals surface area contributed by atoms with E-state index in [1.54, 1.807) is 0 Å². The molecule has 1 aliphatic rings. The second-order valence-corrected chi connectivity index (χ2v) is 15.7. The molecule has 1 N–H and O–H groups in total. The lowest BCUT2D eigenvalue weighted by Gasteiger charge is -2.46. The zero-order valence-corrected chi connectivity index (χ0v) is 32.3. The zero-order chi connectivity index (χ0) is 38.9. The molecule has 2 unspecified atom stereocenters. The lowest BCUT2D eigenvalue weighted by Crippen LogP contribution is -2.30. The van der Waals surface area contributed by atoms with E-state index in [0.29, 0.717) is 0 Å². The van der Waals surface area contributed by atoms with E-state index in [-0.39, 0.29) is 12.2 Å². The third kappa shape index (κ3) is 5.55. The monoisotopic (exact) mass is 752 g/mol. The molecule has 2 atom stereocenters. The molecule has 0 radical (unpaired) electrons. The number of aromatic nitrogens is 1. The van der Waals surface area contributed by atoms with Gasteiger partial charge in [0.25, 0.3) is 0 Å². The van der Waals surface area contributed by atoms with Gasteiger partial charge in [0, 0.05) is 16.5 Å². The van der Waals surface area contributed by atoms with Crippen LogP contribution in [0.5, 0.6) is 0 Å². The van der Waals surface area contributed by atoms with Crippen molar-refractivity contribution >= 4 is 59.8 Å². The Morgan fingerprint density at radius 2 is 0.966 bits per heavy atom. The zero-order valence-electron chi connectivity index (χ0n) is 32.3. The second kappa shape index (κ2) is 13.6. The Kier molecular flexibility index (Phi) is 7.75. The van der Waals surface area contributed by atoms with E-state index in [0.717, 1.165) is 11.4 Å². The SMILES string of the molecule is c1ccc(-c2ccc(-c3cccc(C4NC(c5cccc6cc(-n7c8ccc9ccccc9c8c8c9ccccc9ccc87)ccc56)[N-]c5ccccc54)c3)cc2)cc1. The fourth-order valence-corrected chi connectivity index (χ4v) is 9.59. The second-order valence-electron chi connectivity index (χ2n) is 15.7. The van der Waals surface area contributed by atoms with Crippen LogP contribution in [-0.2, 0) is 0 Å². The summed E-state index contributed by atoms with van der Waals surface area (Å²) >= 11 is 0. The minimum absolute atomic E-state index is 0.0333. The van der Waals surface area contributed by atoms with Gasteiger partial charge in [-0.1, -0.05) is 182 Å². The van der Waals surface area contributed by atoms with Crippen LogP contribution in [0.4, 0.5) is 5.69 Å². The molecule has 1 aliphatic heterocycles. The molecule has 0 spiro atoms. The molecule has 278 valence electrons. The van der Waals surface area contributed by atoms with Gasteiger partial charge < -0.3 is 15.2 Å². The van der Waals surface area contributed by atoms with Crippen molar-refractivity contribution in [2.24, 2.45) is 0 Å². The van der Waals surface area contributed by atoms with Crippen LogP contribution in [0, 0.1) is 0 Å². The number of rotatable bonds is 5. The Bertz CT molecular complexity index is 3300. The number of fused-ring (bicyclic) bond motifs is 9. The van der Waals surface area contributed by atoms with Crippen LogP contribution in [-0.4, -0.2) is 4.57 Å². The summed E-state index contributed by atoms with van der Waals surface area (Å²) in [6.07, 6.45) is -0.232. The van der Waals surface area contributed by atoms with Crippen LogP contribution >= 0.6 is 0 Å². The Morgan fingerprint density at radius 1 is 0.390 bits per heavy atom. The van der Waals surface area contributed by atoms with Gasteiger partial charge in [-0.05, 0) is 108 Å². The molecule has 0 aliphatic carbocycles. The highest BCUT2D eigenvalue weighted by atomic mass is 15.2. The molecule has 2 heterocycles. The molecule has 1 aromatic heterocycles. The van der Waals surface area contributed by atoms with Gasteiger partial charge in [0.15, 0.2) is 0 Å². The Balaban J connectivity index is 0.943. The quantitative estimate of drug-likeness (QED) is 0.186. The average Bonchev–Trinajstić information content (AvgIpc) is 3.67.